The highest BCUT2D eigenvalue weighted by atomic mass is 16.5. The van der Waals surface area contributed by atoms with Crippen molar-refractivity contribution in [1.29, 1.82) is 0 Å². The molecule has 0 saturated heterocycles. The number of nitrogens with one attached hydrogen (secondary N) is 1. The van der Waals surface area contributed by atoms with Crippen LogP contribution in [0, 0.1) is 0 Å². The number of ether oxygens (including phenoxy) is 1. The molecule has 3 atom stereocenters. The molecule has 0 bridgehead atoms. The van der Waals surface area contributed by atoms with Crippen LogP contribution >= 0.6 is 0 Å². The number of unbranched alkanes of at least 4 members (excludes halogenated alkanes) is 31. The molecule has 1 amide bonds. The maximum absolute atomic E-state index is 13.3. The largest absolute Gasteiger partial charge is 0.462 e. The van der Waals surface area contributed by atoms with Gasteiger partial charge in [0.1, 0.15) is 6.10 Å². The number of aliphatic hydroxyl groups is 2. The summed E-state index contributed by atoms with van der Waals surface area (Å²) >= 11 is 0. The summed E-state index contributed by atoms with van der Waals surface area (Å²) < 4.78 is 5.96. The Morgan fingerprint density at radius 2 is 0.794 bits per heavy atom. The summed E-state index contributed by atoms with van der Waals surface area (Å²) in [6, 6.07) is -0.712. The van der Waals surface area contributed by atoms with Crippen molar-refractivity contribution in [2.24, 2.45) is 0 Å². The number of esters is 1. The zero-order chi connectivity index (χ0) is 49.5. The lowest BCUT2D eigenvalue weighted by Crippen LogP contribution is -2.46. The summed E-state index contributed by atoms with van der Waals surface area (Å²) in [5.41, 5.74) is 0. The first-order valence-corrected chi connectivity index (χ1v) is 29.5. The lowest BCUT2D eigenvalue weighted by molar-refractivity contribution is -0.151. The predicted octanol–water partition coefficient (Wildman–Crippen LogP) is 18.4. The zero-order valence-electron chi connectivity index (χ0n) is 45.2. The monoisotopic (exact) mass is 952 g/mol. The maximum Gasteiger partial charge on any atom is 0.306 e. The van der Waals surface area contributed by atoms with Gasteiger partial charge in [-0.25, -0.2) is 0 Å². The molecule has 0 rings (SSSR count). The van der Waals surface area contributed by atoms with E-state index in [0.29, 0.717) is 19.3 Å². The highest BCUT2D eigenvalue weighted by Crippen LogP contribution is 2.18. The van der Waals surface area contributed by atoms with E-state index in [4.69, 9.17) is 4.74 Å². The SMILES string of the molecule is CC/C=C/C/C=C/C/C=C/CCCCCCC(CC(=O)NC(CO)C(O)CCCCCCCCCCCCCCCCCC)OC(=O)CCCCCCCCCCC/C=C\C/C=C\CCCCC. The van der Waals surface area contributed by atoms with E-state index in [2.05, 4.69) is 86.8 Å². The first-order valence-electron chi connectivity index (χ1n) is 29.5. The van der Waals surface area contributed by atoms with Crippen molar-refractivity contribution in [3.63, 3.8) is 0 Å². The number of carbonyl (C=O) groups excluding carboxylic acids is 2. The molecule has 0 fully saturated rings. The Morgan fingerprint density at radius 1 is 0.441 bits per heavy atom. The first kappa shape index (κ1) is 65.6. The van der Waals surface area contributed by atoms with Crippen molar-refractivity contribution < 1.29 is 24.5 Å². The van der Waals surface area contributed by atoms with Crippen molar-refractivity contribution in [1.82, 2.24) is 5.32 Å². The van der Waals surface area contributed by atoms with Crippen LogP contribution in [0.5, 0.6) is 0 Å². The second-order valence-corrected chi connectivity index (χ2v) is 20.0. The first-order chi connectivity index (χ1) is 33.5. The summed E-state index contributed by atoms with van der Waals surface area (Å²) in [6.07, 6.45) is 70.0. The van der Waals surface area contributed by atoms with Crippen LogP contribution in [0.15, 0.2) is 60.8 Å². The zero-order valence-corrected chi connectivity index (χ0v) is 45.2. The Labute approximate surface area is 422 Å². The van der Waals surface area contributed by atoms with Crippen LogP contribution in [0.4, 0.5) is 0 Å². The maximum atomic E-state index is 13.3. The van der Waals surface area contributed by atoms with Crippen molar-refractivity contribution in [3.05, 3.63) is 60.8 Å². The van der Waals surface area contributed by atoms with E-state index in [1.807, 2.05) is 0 Å². The molecule has 0 aliphatic heterocycles. The fourth-order valence-electron chi connectivity index (χ4n) is 8.89. The molecule has 396 valence electrons. The molecule has 0 aliphatic rings. The third kappa shape index (κ3) is 50.0. The summed E-state index contributed by atoms with van der Waals surface area (Å²) in [7, 11) is 0. The van der Waals surface area contributed by atoms with Crippen molar-refractivity contribution in [2.75, 3.05) is 6.61 Å². The third-order valence-corrected chi connectivity index (χ3v) is 13.3. The third-order valence-electron chi connectivity index (χ3n) is 13.3. The quantitative estimate of drug-likeness (QED) is 0.0321. The van der Waals surface area contributed by atoms with Gasteiger partial charge in [-0.2, -0.15) is 0 Å². The minimum Gasteiger partial charge on any atom is -0.462 e. The summed E-state index contributed by atoms with van der Waals surface area (Å²) in [5, 5.41) is 23.9. The second-order valence-electron chi connectivity index (χ2n) is 20.0. The van der Waals surface area contributed by atoms with Gasteiger partial charge in [-0.3, -0.25) is 9.59 Å². The van der Waals surface area contributed by atoms with Gasteiger partial charge in [0, 0.05) is 6.42 Å². The normalized spacial score (nSPS) is 13.5. The summed E-state index contributed by atoms with van der Waals surface area (Å²) in [4.78, 5) is 26.3. The minimum absolute atomic E-state index is 0.0608. The van der Waals surface area contributed by atoms with Gasteiger partial charge in [0.2, 0.25) is 5.91 Å². The summed E-state index contributed by atoms with van der Waals surface area (Å²) in [5.74, 6) is -0.492. The number of amides is 1. The van der Waals surface area contributed by atoms with Crippen LogP contribution in [-0.2, 0) is 14.3 Å². The number of aliphatic hydroxyl groups excluding tert-OH is 2. The van der Waals surface area contributed by atoms with Crippen molar-refractivity contribution >= 4 is 11.9 Å². The van der Waals surface area contributed by atoms with Crippen LogP contribution < -0.4 is 5.32 Å². The fourth-order valence-corrected chi connectivity index (χ4v) is 8.89. The lowest BCUT2D eigenvalue weighted by Gasteiger charge is -2.24. The molecule has 3 unspecified atom stereocenters. The molecule has 0 aliphatic carbocycles. The van der Waals surface area contributed by atoms with Gasteiger partial charge >= 0.3 is 5.97 Å². The lowest BCUT2D eigenvalue weighted by atomic mass is 10.0. The number of hydrogen-bond acceptors (Lipinski definition) is 5. The van der Waals surface area contributed by atoms with Gasteiger partial charge in [0.05, 0.1) is 25.2 Å². The van der Waals surface area contributed by atoms with E-state index in [9.17, 15) is 19.8 Å². The number of allylic oxidation sites excluding steroid dienone is 10. The standard InChI is InChI=1S/C62H113NO5/c1-4-7-10-13-16-19-22-25-28-30-31-32-34-37-40-43-46-49-52-55-62(67)68-58(53-50-47-44-41-38-35-27-24-21-18-15-12-9-6-3)56-61(66)63-59(57-64)60(65)54-51-48-45-42-39-36-33-29-26-23-20-17-14-11-8-5-2/h9,12,16,18-19,21,25,27-28,35,58-60,64-65H,4-8,10-11,13-15,17,20,22-24,26,29-34,36-57H2,1-3H3,(H,63,66)/b12-9+,19-16-,21-18+,28-25-,35-27+. The highest BCUT2D eigenvalue weighted by Gasteiger charge is 2.24. The van der Waals surface area contributed by atoms with E-state index < -0.39 is 18.2 Å². The highest BCUT2D eigenvalue weighted by molar-refractivity contribution is 5.77. The molecule has 0 radical (unpaired) electrons. The average Bonchev–Trinajstić information content (AvgIpc) is 3.33. The molecule has 6 nitrogen and oxygen atoms in total. The smallest absolute Gasteiger partial charge is 0.306 e. The van der Waals surface area contributed by atoms with Gasteiger partial charge in [-0.1, -0.05) is 255 Å². The molecule has 0 heterocycles. The molecule has 0 spiro atoms. The molecule has 68 heavy (non-hydrogen) atoms. The van der Waals surface area contributed by atoms with E-state index in [-0.39, 0.29) is 24.9 Å². The molecular weight excluding hydrogens is 839 g/mol. The second kappa shape index (κ2) is 55.5. The van der Waals surface area contributed by atoms with Gasteiger partial charge in [-0.05, 0) is 89.9 Å². The van der Waals surface area contributed by atoms with Crippen LogP contribution in [0.1, 0.15) is 297 Å². The Kier molecular flexibility index (Phi) is 53.5. The molecule has 0 aromatic rings. The van der Waals surface area contributed by atoms with E-state index in [0.717, 1.165) is 96.3 Å². The predicted molar refractivity (Wildman–Crippen MR) is 296 cm³/mol. The number of hydrogen-bond donors (Lipinski definition) is 3. The summed E-state index contributed by atoms with van der Waals surface area (Å²) in [6.45, 7) is 6.37. The van der Waals surface area contributed by atoms with E-state index >= 15 is 0 Å². The minimum atomic E-state index is -0.797. The fraction of sp³-hybridized carbons (Fsp3) is 0.806. The number of carbonyl (C=O) groups is 2. The molecule has 0 aromatic heterocycles. The topological polar surface area (TPSA) is 95.9 Å². The van der Waals surface area contributed by atoms with Crippen LogP contribution in [-0.4, -0.2) is 46.9 Å². The van der Waals surface area contributed by atoms with Crippen molar-refractivity contribution in [2.45, 2.75) is 315 Å². The molecular formula is C62H113NO5. The van der Waals surface area contributed by atoms with Gasteiger partial charge in [0.25, 0.3) is 0 Å². The van der Waals surface area contributed by atoms with Gasteiger partial charge < -0.3 is 20.3 Å². The van der Waals surface area contributed by atoms with E-state index in [1.54, 1.807) is 0 Å². The molecule has 0 saturated carbocycles. The van der Waals surface area contributed by atoms with E-state index in [1.165, 1.54) is 154 Å². The number of rotatable bonds is 53. The Hall–Kier alpha value is -2.44. The van der Waals surface area contributed by atoms with Crippen LogP contribution in [0.3, 0.4) is 0 Å². The van der Waals surface area contributed by atoms with Gasteiger partial charge in [0.15, 0.2) is 0 Å². The van der Waals surface area contributed by atoms with Gasteiger partial charge in [-0.15, -0.1) is 0 Å². The Bertz CT molecular complexity index is 1210. The van der Waals surface area contributed by atoms with Crippen LogP contribution in [0.25, 0.3) is 0 Å². The molecule has 3 N–H and O–H groups in total. The average molecular weight is 953 g/mol. The Balaban J connectivity index is 4.54. The Morgan fingerprint density at radius 3 is 1.24 bits per heavy atom. The van der Waals surface area contributed by atoms with Crippen LogP contribution in [0.2, 0.25) is 0 Å². The molecule has 0 aromatic carbocycles. The molecule has 6 heteroatoms. The van der Waals surface area contributed by atoms with Crippen molar-refractivity contribution in [3.8, 4) is 0 Å².